The Hall–Kier alpha value is -2.93. The Labute approximate surface area is 165 Å². The molecule has 1 aliphatic heterocycles. The van der Waals surface area contributed by atoms with Gasteiger partial charge >= 0.3 is 6.03 Å². The van der Waals surface area contributed by atoms with Gasteiger partial charge in [-0.25, -0.2) is 4.79 Å². The molecule has 3 amide bonds. The first kappa shape index (κ1) is 18.8. The highest BCUT2D eigenvalue weighted by molar-refractivity contribution is 9.12. The van der Waals surface area contributed by atoms with Gasteiger partial charge in [0.2, 0.25) is 0 Å². The van der Waals surface area contributed by atoms with E-state index in [0.29, 0.717) is 15.8 Å². The van der Waals surface area contributed by atoms with E-state index >= 15 is 0 Å². The molecule has 6 nitrogen and oxygen atoms in total. The molecule has 1 heterocycles. The zero-order valence-electron chi connectivity index (χ0n) is 14.8. The number of nitrogens with one attached hydrogen (secondary N) is 1. The second-order valence-corrected chi connectivity index (χ2v) is 7.00. The Morgan fingerprint density at radius 2 is 1.81 bits per heavy atom. The lowest BCUT2D eigenvalue weighted by Gasteiger charge is -2.21. The first-order valence-corrected chi connectivity index (χ1v) is 9.01. The summed E-state index contributed by atoms with van der Waals surface area (Å²) in [4.78, 5) is 25.1. The van der Waals surface area contributed by atoms with E-state index in [-0.39, 0.29) is 0 Å². The van der Waals surface area contributed by atoms with E-state index in [1.165, 1.54) is 6.21 Å². The Bertz CT molecular complexity index is 910. The SMILES string of the molecule is COc1ccc(C2(C)NC(=O)N(/N=C/C(Br)=C/c3ccccc3)C2=O)cc1. The Balaban J connectivity index is 1.80. The van der Waals surface area contributed by atoms with E-state index in [0.717, 1.165) is 10.6 Å². The van der Waals surface area contributed by atoms with E-state index in [2.05, 4.69) is 26.3 Å². The number of carbonyl (C=O) groups excluding carboxylic acids is 2. The summed E-state index contributed by atoms with van der Waals surface area (Å²) in [7, 11) is 1.57. The molecule has 1 N–H and O–H groups in total. The summed E-state index contributed by atoms with van der Waals surface area (Å²) in [6, 6.07) is 16.0. The highest BCUT2D eigenvalue weighted by Crippen LogP contribution is 2.30. The number of methoxy groups -OCH3 is 1. The van der Waals surface area contributed by atoms with Crippen molar-refractivity contribution in [1.29, 1.82) is 0 Å². The monoisotopic (exact) mass is 427 g/mol. The van der Waals surface area contributed by atoms with Crippen molar-refractivity contribution in [2.24, 2.45) is 5.10 Å². The van der Waals surface area contributed by atoms with Gasteiger partial charge in [0.25, 0.3) is 5.91 Å². The fourth-order valence-electron chi connectivity index (χ4n) is 2.71. The number of hydrazone groups is 1. The second kappa shape index (κ2) is 7.75. The molecule has 1 unspecified atom stereocenters. The van der Waals surface area contributed by atoms with Gasteiger partial charge in [0.1, 0.15) is 11.3 Å². The molecule has 0 bridgehead atoms. The molecule has 138 valence electrons. The maximum atomic E-state index is 12.8. The first-order valence-electron chi connectivity index (χ1n) is 8.21. The molecule has 0 radical (unpaired) electrons. The van der Waals surface area contributed by atoms with Gasteiger partial charge in [-0.2, -0.15) is 5.10 Å². The van der Waals surface area contributed by atoms with Gasteiger partial charge < -0.3 is 10.1 Å². The Morgan fingerprint density at radius 3 is 2.44 bits per heavy atom. The minimum Gasteiger partial charge on any atom is -0.497 e. The third-order valence-electron chi connectivity index (χ3n) is 4.24. The van der Waals surface area contributed by atoms with Crippen LogP contribution in [0.4, 0.5) is 4.79 Å². The van der Waals surface area contributed by atoms with Crippen molar-refractivity contribution in [2.45, 2.75) is 12.5 Å². The van der Waals surface area contributed by atoms with Crippen molar-refractivity contribution < 1.29 is 14.3 Å². The Morgan fingerprint density at radius 1 is 1.15 bits per heavy atom. The van der Waals surface area contributed by atoms with Gasteiger partial charge in [-0.15, -0.1) is 5.01 Å². The summed E-state index contributed by atoms with van der Waals surface area (Å²) in [5.74, 6) is 0.220. The third-order valence-corrected chi connectivity index (χ3v) is 4.67. The highest BCUT2D eigenvalue weighted by atomic mass is 79.9. The fourth-order valence-corrected chi connectivity index (χ4v) is 3.06. The number of benzene rings is 2. The molecule has 0 spiro atoms. The van der Waals surface area contributed by atoms with E-state index in [9.17, 15) is 9.59 Å². The third kappa shape index (κ3) is 3.93. The lowest BCUT2D eigenvalue weighted by molar-refractivity contribution is -0.131. The minimum atomic E-state index is -1.18. The number of urea groups is 1. The predicted octanol–water partition coefficient (Wildman–Crippen LogP) is 3.88. The summed E-state index contributed by atoms with van der Waals surface area (Å²) in [5.41, 5.74) is 0.436. The van der Waals surface area contributed by atoms with Crippen LogP contribution in [0.15, 0.2) is 64.2 Å². The molecular weight excluding hydrogens is 410 g/mol. The normalized spacial score (nSPS) is 20.3. The van der Waals surface area contributed by atoms with Crippen LogP contribution in [-0.2, 0) is 10.3 Å². The molecule has 2 aromatic rings. The number of nitrogens with zero attached hydrogens (tertiary/aromatic N) is 2. The minimum absolute atomic E-state index is 0.450. The topological polar surface area (TPSA) is 71.0 Å². The van der Waals surface area contributed by atoms with Crippen molar-refractivity contribution in [3.63, 3.8) is 0 Å². The zero-order chi connectivity index (χ0) is 19.4. The molecule has 1 fully saturated rings. The number of allylic oxidation sites excluding steroid dienone is 1. The number of amides is 3. The molecular formula is C20H18BrN3O3. The van der Waals surface area contributed by atoms with Gasteiger partial charge in [-0.3, -0.25) is 4.79 Å². The zero-order valence-corrected chi connectivity index (χ0v) is 16.4. The lowest BCUT2D eigenvalue weighted by atomic mass is 9.92. The summed E-state index contributed by atoms with van der Waals surface area (Å²) >= 11 is 3.38. The standard InChI is InChI=1S/C20H18BrN3O3/c1-20(15-8-10-17(27-2)11-9-15)18(25)24(19(26)23-20)22-13-16(21)12-14-6-4-3-5-7-14/h3-13H,1-2H3,(H,23,26)/b16-12-,22-13+. The van der Waals surface area contributed by atoms with Crippen LogP contribution in [0.1, 0.15) is 18.1 Å². The van der Waals surface area contributed by atoms with Crippen LogP contribution < -0.4 is 10.1 Å². The largest absolute Gasteiger partial charge is 0.497 e. The lowest BCUT2D eigenvalue weighted by Crippen LogP contribution is -2.40. The van der Waals surface area contributed by atoms with Gasteiger partial charge in [0.05, 0.1) is 13.3 Å². The van der Waals surface area contributed by atoms with E-state index in [4.69, 9.17) is 4.74 Å². The Kier molecular flexibility index (Phi) is 5.41. The summed E-state index contributed by atoms with van der Waals surface area (Å²) < 4.78 is 5.76. The van der Waals surface area contributed by atoms with E-state index in [1.807, 2.05) is 36.4 Å². The summed E-state index contributed by atoms with van der Waals surface area (Å²) in [5, 5.41) is 7.59. The molecule has 7 heteroatoms. The first-order chi connectivity index (χ1) is 12.9. The number of hydrogen-bond acceptors (Lipinski definition) is 4. The molecule has 1 aliphatic rings. The molecule has 0 aliphatic carbocycles. The van der Waals surface area contributed by atoms with Crippen LogP contribution in [0.3, 0.4) is 0 Å². The smallest absolute Gasteiger partial charge is 0.346 e. The van der Waals surface area contributed by atoms with Crippen LogP contribution in [0.5, 0.6) is 5.75 Å². The van der Waals surface area contributed by atoms with Crippen molar-refractivity contribution in [3.8, 4) is 5.75 Å². The predicted molar refractivity (Wildman–Crippen MR) is 108 cm³/mol. The average molecular weight is 428 g/mol. The van der Waals surface area contributed by atoms with Gasteiger partial charge in [-0.1, -0.05) is 42.5 Å². The van der Waals surface area contributed by atoms with E-state index < -0.39 is 17.5 Å². The average Bonchev–Trinajstić information content (AvgIpc) is 2.90. The number of ether oxygens (including phenoxy) is 1. The molecule has 1 saturated heterocycles. The van der Waals surface area contributed by atoms with Gasteiger partial charge in [0, 0.05) is 4.48 Å². The van der Waals surface area contributed by atoms with Crippen LogP contribution >= 0.6 is 15.9 Å². The summed E-state index contributed by atoms with van der Waals surface area (Å²) in [6.45, 7) is 1.65. The van der Waals surface area contributed by atoms with Crippen molar-refractivity contribution in [2.75, 3.05) is 7.11 Å². The molecule has 27 heavy (non-hydrogen) atoms. The second-order valence-electron chi connectivity index (χ2n) is 6.09. The molecule has 3 rings (SSSR count). The van der Waals surface area contributed by atoms with Crippen LogP contribution in [0.25, 0.3) is 6.08 Å². The van der Waals surface area contributed by atoms with Crippen LogP contribution in [0, 0.1) is 0 Å². The van der Waals surface area contributed by atoms with Gasteiger partial charge in [-0.05, 0) is 52.2 Å². The molecule has 2 aromatic carbocycles. The maximum Gasteiger partial charge on any atom is 0.346 e. The van der Waals surface area contributed by atoms with Crippen molar-refractivity contribution in [1.82, 2.24) is 10.3 Å². The highest BCUT2D eigenvalue weighted by Gasteiger charge is 2.49. The van der Waals surface area contributed by atoms with Gasteiger partial charge in [0.15, 0.2) is 0 Å². The van der Waals surface area contributed by atoms with Crippen molar-refractivity contribution >= 4 is 40.2 Å². The number of hydrogen-bond donors (Lipinski definition) is 1. The number of rotatable bonds is 5. The molecule has 1 atom stereocenters. The number of carbonyl (C=O) groups is 2. The summed E-state index contributed by atoms with van der Waals surface area (Å²) in [6.07, 6.45) is 3.26. The molecule has 0 aromatic heterocycles. The van der Waals surface area contributed by atoms with Crippen LogP contribution in [-0.4, -0.2) is 30.3 Å². The molecule has 0 saturated carbocycles. The maximum absolute atomic E-state index is 12.8. The fraction of sp³-hybridized carbons (Fsp3) is 0.150. The number of halogens is 1. The van der Waals surface area contributed by atoms with E-state index in [1.54, 1.807) is 38.3 Å². The number of imide groups is 1. The van der Waals surface area contributed by atoms with Crippen molar-refractivity contribution in [3.05, 3.63) is 70.2 Å². The quantitative estimate of drug-likeness (QED) is 0.581. The van der Waals surface area contributed by atoms with Crippen LogP contribution in [0.2, 0.25) is 0 Å².